The highest BCUT2D eigenvalue weighted by Gasteiger charge is 2.09. The molecule has 0 bridgehead atoms. The van der Waals surface area contributed by atoms with Gasteiger partial charge in [-0.3, -0.25) is 0 Å². The van der Waals surface area contributed by atoms with Gasteiger partial charge in [0.05, 0.1) is 0 Å². The molecule has 0 aromatic heterocycles. The Kier molecular flexibility index (Phi) is 3.16. The van der Waals surface area contributed by atoms with Crippen LogP contribution in [-0.2, 0) is 0 Å². The van der Waals surface area contributed by atoms with E-state index in [2.05, 4.69) is 85.8 Å². The van der Waals surface area contributed by atoms with E-state index < -0.39 is 0 Å². The van der Waals surface area contributed by atoms with Crippen LogP contribution in [0.2, 0.25) is 0 Å². The minimum absolute atomic E-state index is 1.04. The summed E-state index contributed by atoms with van der Waals surface area (Å²) in [6, 6.07) is 19.9. The van der Waals surface area contributed by atoms with Crippen LogP contribution in [0.5, 0.6) is 0 Å². The monoisotopic (exact) mass is 282 g/mol. The van der Waals surface area contributed by atoms with Crippen molar-refractivity contribution in [3.05, 3.63) is 90.0 Å². The first-order valence-electron chi connectivity index (χ1n) is 7.80. The summed E-state index contributed by atoms with van der Waals surface area (Å²) in [5, 5.41) is 5.22. The zero-order chi connectivity index (χ0) is 14.9. The number of hydrogen-bond donors (Lipinski definition) is 0. The number of allylic oxidation sites excluding steroid dienone is 6. The minimum Gasteiger partial charge on any atom is -0.0874 e. The van der Waals surface area contributed by atoms with Gasteiger partial charge in [-0.15, -0.1) is 0 Å². The number of benzene rings is 3. The van der Waals surface area contributed by atoms with E-state index in [0.717, 1.165) is 6.42 Å². The van der Waals surface area contributed by atoms with Crippen LogP contribution in [0.4, 0.5) is 0 Å². The van der Waals surface area contributed by atoms with Gasteiger partial charge in [0, 0.05) is 0 Å². The molecule has 0 atom stereocenters. The third kappa shape index (κ3) is 2.17. The Labute approximate surface area is 131 Å². The molecular formula is C22H18. The fraction of sp³-hybridized carbons (Fsp3) is 0.0909. The van der Waals surface area contributed by atoms with Crippen molar-refractivity contribution < 1.29 is 0 Å². The van der Waals surface area contributed by atoms with Gasteiger partial charge in [-0.05, 0) is 69.8 Å². The highest BCUT2D eigenvalue weighted by molar-refractivity contribution is 5.99. The van der Waals surface area contributed by atoms with Gasteiger partial charge in [0.2, 0.25) is 0 Å². The van der Waals surface area contributed by atoms with E-state index >= 15 is 0 Å². The summed E-state index contributed by atoms with van der Waals surface area (Å²) in [5.41, 5.74) is 4.07. The molecule has 3 aromatic carbocycles. The lowest BCUT2D eigenvalue weighted by Crippen LogP contribution is -1.84. The maximum atomic E-state index is 2.32. The van der Waals surface area contributed by atoms with Crippen molar-refractivity contribution in [2.75, 3.05) is 0 Å². The number of hydrogen-bond acceptors (Lipinski definition) is 0. The summed E-state index contributed by atoms with van der Waals surface area (Å²) in [6.45, 7) is 2.08. The fourth-order valence-corrected chi connectivity index (χ4v) is 3.27. The first-order valence-corrected chi connectivity index (χ1v) is 7.80. The van der Waals surface area contributed by atoms with Crippen molar-refractivity contribution in [1.82, 2.24) is 0 Å². The van der Waals surface area contributed by atoms with Crippen molar-refractivity contribution in [3.8, 4) is 0 Å². The summed E-state index contributed by atoms with van der Waals surface area (Å²) in [6.07, 6.45) is 9.87. The van der Waals surface area contributed by atoms with Gasteiger partial charge < -0.3 is 0 Å². The predicted octanol–water partition coefficient (Wildman–Crippen LogP) is 6.28. The molecule has 0 amide bonds. The smallest absolute Gasteiger partial charge is 0.00881 e. The molecule has 0 nitrogen and oxygen atoms in total. The standard InChI is InChI=1S/C22H18/c1-2-6-16-9-5-10-22(16)20-12-11-19-13-17-7-3-4-8-18(17)14-21(19)15-20/h2-8,10-15H,9H2,1H3. The third-order valence-electron chi connectivity index (χ3n) is 4.35. The maximum absolute atomic E-state index is 2.32. The molecule has 1 aliphatic rings. The predicted molar refractivity (Wildman–Crippen MR) is 96.9 cm³/mol. The summed E-state index contributed by atoms with van der Waals surface area (Å²) in [5.74, 6) is 0. The van der Waals surface area contributed by atoms with E-state index in [0.29, 0.717) is 0 Å². The van der Waals surface area contributed by atoms with Gasteiger partial charge in [0.1, 0.15) is 0 Å². The lowest BCUT2D eigenvalue weighted by Gasteiger charge is -2.07. The zero-order valence-electron chi connectivity index (χ0n) is 12.7. The lowest BCUT2D eigenvalue weighted by atomic mass is 9.97. The summed E-state index contributed by atoms with van der Waals surface area (Å²) in [4.78, 5) is 0. The third-order valence-corrected chi connectivity index (χ3v) is 4.35. The highest BCUT2D eigenvalue weighted by Crippen LogP contribution is 2.32. The van der Waals surface area contributed by atoms with Crippen molar-refractivity contribution >= 4 is 27.1 Å². The summed E-state index contributed by atoms with van der Waals surface area (Å²) < 4.78 is 0. The molecule has 0 fully saturated rings. The molecule has 0 radical (unpaired) electrons. The van der Waals surface area contributed by atoms with Crippen LogP contribution in [0.3, 0.4) is 0 Å². The van der Waals surface area contributed by atoms with Crippen LogP contribution in [0.25, 0.3) is 27.1 Å². The van der Waals surface area contributed by atoms with Gasteiger partial charge in [-0.1, -0.05) is 60.7 Å². The van der Waals surface area contributed by atoms with Crippen LogP contribution in [0.15, 0.2) is 84.5 Å². The largest absolute Gasteiger partial charge is 0.0874 e. The molecule has 1 aliphatic carbocycles. The second-order valence-corrected chi connectivity index (χ2v) is 5.81. The molecule has 4 rings (SSSR count). The van der Waals surface area contributed by atoms with Gasteiger partial charge in [-0.25, -0.2) is 0 Å². The molecule has 0 N–H and O–H groups in total. The maximum Gasteiger partial charge on any atom is -0.00881 e. The van der Waals surface area contributed by atoms with Crippen molar-refractivity contribution in [1.29, 1.82) is 0 Å². The van der Waals surface area contributed by atoms with E-state index in [1.807, 2.05) is 0 Å². The van der Waals surface area contributed by atoms with Gasteiger partial charge in [-0.2, -0.15) is 0 Å². The van der Waals surface area contributed by atoms with E-state index in [1.54, 1.807) is 0 Å². The molecule has 0 heteroatoms. The first-order chi connectivity index (χ1) is 10.8. The average molecular weight is 282 g/mol. The minimum atomic E-state index is 1.04. The normalized spacial score (nSPS) is 14.8. The summed E-state index contributed by atoms with van der Waals surface area (Å²) in [7, 11) is 0. The Bertz CT molecular complexity index is 952. The van der Waals surface area contributed by atoms with Crippen LogP contribution in [0, 0.1) is 0 Å². The van der Waals surface area contributed by atoms with Gasteiger partial charge >= 0.3 is 0 Å². The Morgan fingerprint density at radius 3 is 2.32 bits per heavy atom. The number of rotatable bonds is 2. The molecule has 106 valence electrons. The summed E-state index contributed by atoms with van der Waals surface area (Å²) >= 11 is 0. The van der Waals surface area contributed by atoms with Gasteiger partial charge in [0.25, 0.3) is 0 Å². The van der Waals surface area contributed by atoms with Crippen LogP contribution < -0.4 is 0 Å². The Hall–Kier alpha value is -2.60. The second kappa shape index (κ2) is 5.31. The highest BCUT2D eigenvalue weighted by atomic mass is 14.1. The van der Waals surface area contributed by atoms with Crippen molar-refractivity contribution in [2.45, 2.75) is 13.3 Å². The van der Waals surface area contributed by atoms with Crippen LogP contribution in [0.1, 0.15) is 18.9 Å². The molecule has 3 aromatic rings. The quantitative estimate of drug-likeness (QED) is 0.485. The van der Waals surface area contributed by atoms with E-state index in [1.165, 1.54) is 38.3 Å². The topological polar surface area (TPSA) is 0 Å². The molecular weight excluding hydrogens is 264 g/mol. The average Bonchev–Trinajstić information content (AvgIpc) is 3.01. The Morgan fingerprint density at radius 2 is 1.55 bits per heavy atom. The van der Waals surface area contributed by atoms with Crippen molar-refractivity contribution in [3.63, 3.8) is 0 Å². The van der Waals surface area contributed by atoms with E-state index in [4.69, 9.17) is 0 Å². The van der Waals surface area contributed by atoms with Gasteiger partial charge in [0.15, 0.2) is 0 Å². The Morgan fingerprint density at radius 1 is 0.818 bits per heavy atom. The number of fused-ring (bicyclic) bond motifs is 2. The SMILES string of the molecule is CC=CC1=C(c2ccc3cc4ccccc4cc3c2)C=CC1. The lowest BCUT2D eigenvalue weighted by molar-refractivity contribution is 1.33. The molecule has 0 saturated carbocycles. The zero-order valence-corrected chi connectivity index (χ0v) is 12.7. The second-order valence-electron chi connectivity index (χ2n) is 5.81. The molecule has 0 saturated heterocycles. The van der Waals surface area contributed by atoms with E-state index in [-0.39, 0.29) is 0 Å². The molecule has 0 spiro atoms. The molecule has 0 aliphatic heterocycles. The van der Waals surface area contributed by atoms with E-state index in [9.17, 15) is 0 Å². The molecule has 0 heterocycles. The Balaban J connectivity index is 1.92. The molecule has 22 heavy (non-hydrogen) atoms. The van der Waals surface area contributed by atoms with Crippen molar-refractivity contribution in [2.24, 2.45) is 0 Å². The molecule has 0 unspecified atom stereocenters. The fourth-order valence-electron chi connectivity index (χ4n) is 3.27. The van der Waals surface area contributed by atoms with Crippen LogP contribution in [-0.4, -0.2) is 0 Å². The first kappa shape index (κ1) is 13.1. The van der Waals surface area contributed by atoms with Crippen LogP contribution >= 0.6 is 0 Å².